The molecule has 1 aromatic carbocycles. The monoisotopic (exact) mass is 332 g/mol. The van der Waals surface area contributed by atoms with E-state index in [0.717, 1.165) is 25.9 Å². The third-order valence-electron chi connectivity index (χ3n) is 6.45. The smallest absolute Gasteiger partial charge is 0.217 e. The molecule has 4 saturated heterocycles. The lowest BCUT2D eigenvalue weighted by Gasteiger charge is -2.51. The molecule has 0 N–H and O–H groups in total. The fourth-order valence-corrected chi connectivity index (χ4v) is 7.33. The van der Waals surface area contributed by atoms with Crippen LogP contribution in [0.5, 0.6) is 0 Å². The lowest BCUT2D eigenvalue weighted by molar-refractivity contribution is 0.0122. The van der Waals surface area contributed by atoms with E-state index in [1.54, 1.807) is 0 Å². The van der Waals surface area contributed by atoms with E-state index < -0.39 is 10.0 Å². The summed E-state index contributed by atoms with van der Waals surface area (Å²) < 4.78 is 28.0. The van der Waals surface area contributed by atoms with Gasteiger partial charge in [0.05, 0.1) is 5.25 Å². The average Bonchev–Trinajstić information content (AvgIpc) is 3.36. The number of hydrogen-bond acceptors (Lipinski definition) is 3. The van der Waals surface area contributed by atoms with Crippen LogP contribution in [0.4, 0.5) is 0 Å². The molecule has 1 aliphatic carbocycles. The van der Waals surface area contributed by atoms with Crippen molar-refractivity contribution in [2.24, 2.45) is 5.92 Å². The van der Waals surface area contributed by atoms with Gasteiger partial charge in [-0.25, -0.2) is 8.42 Å². The van der Waals surface area contributed by atoms with Crippen molar-refractivity contribution >= 4 is 10.0 Å². The molecule has 0 radical (unpaired) electrons. The van der Waals surface area contributed by atoms with E-state index in [2.05, 4.69) is 29.2 Å². The number of fused-ring (bicyclic) bond motifs is 2. The zero-order chi connectivity index (χ0) is 15.6. The third kappa shape index (κ3) is 2.13. The standard InChI is InChI=1S/C18H24N2O2S/c21-23(22,15-6-7-15)20-12-16(13-4-2-1-3-5-13)18-17(20)14-8-10-19(18)11-9-14/h1-5,14-18H,6-12H2/t16-,17+,18+/m1/s1. The normalized spacial score (nSPS) is 40.3. The SMILES string of the molecule is O=S(=O)(C1CC1)N1C[C@H](c2ccccc2)[C@H]2[C@@H]1C1CCN2CC1. The Labute approximate surface area is 138 Å². The van der Waals surface area contributed by atoms with Gasteiger partial charge >= 0.3 is 0 Å². The zero-order valence-electron chi connectivity index (χ0n) is 13.3. The van der Waals surface area contributed by atoms with Crippen LogP contribution in [-0.4, -0.2) is 54.6 Å². The van der Waals surface area contributed by atoms with Crippen molar-refractivity contribution in [3.8, 4) is 0 Å². The van der Waals surface area contributed by atoms with Gasteiger partial charge in [0.2, 0.25) is 10.0 Å². The molecule has 0 aromatic heterocycles. The van der Waals surface area contributed by atoms with Crippen LogP contribution >= 0.6 is 0 Å². The van der Waals surface area contributed by atoms with Crippen molar-refractivity contribution in [2.45, 2.75) is 48.9 Å². The Bertz CT molecular complexity index is 693. The zero-order valence-corrected chi connectivity index (χ0v) is 14.2. The first-order valence-electron chi connectivity index (χ1n) is 8.96. The molecular formula is C18H24N2O2S. The second kappa shape index (κ2) is 5.04. The number of nitrogens with zero attached hydrogens (tertiary/aromatic N) is 2. The topological polar surface area (TPSA) is 40.6 Å². The van der Waals surface area contributed by atoms with Crippen molar-refractivity contribution in [2.75, 3.05) is 19.6 Å². The second-order valence-electron chi connectivity index (χ2n) is 7.69. The summed E-state index contributed by atoms with van der Waals surface area (Å²) in [6, 6.07) is 11.2. The van der Waals surface area contributed by atoms with Gasteiger partial charge in [0.1, 0.15) is 0 Å². The van der Waals surface area contributed by atoms with Gasteiger partial charge in [-0.15, -0.1) is 0 Å². The minimum Gasteiger partial charge on any atom is -0.298 e. The summed E-state index contributed by atoms with van der Waals surface area (Å²) in [7, 11) is -3.09. The van der Waals surface area contributed by atoms with E-state index in [4.69, 9.17) is 0 Å². The van der Waals surface area contributed by atoms with Gasteiger partial charge in [-0.1, -0.05) is 30.3 Å². The molecule has 4 heterocycles. The van der Waals surface area contributed by atoms with Crippen molar-refractivity contribution < 1.29 is 8.42 Å². The van der Waals surface area contributed by atoms with Crippen LogP contribution < -0.4 is 0 Å². The fraction of sp³-hybridized carbons (Fsp3) is 0.667. The Morgan fingerprint density at radius 1 is 0.913 bits per heavy atom. The average molecular weight is 332 g/mol. The summed E-state index contributed by atoms with van der Waals surface area (Å²) in [5.74, 6) is 0.894. The van der Waals surface area contributed by atoms with E-state index in [9.17, 15) is 8.42 Å². The predicted molar refractivity (Wildman–Crippen MR) is 89.7 cm³/mol. The Hall–Kier alpha value is -0.910. The van der Waals surface area contributed by atoms with Crippen LogP contribution in [0.25, 0.3) is 0 Å². The minimum absolute atomic E-state index is 0.0897. The summed E-state index contributed by atoms with van der Waals surface area (Å²) in [4.78, 5) is 2.57. The van der Waals surface area contributed by atoms with Gasteiger partial charge in [-0.05, 0) is 50.3 Å². The predicted octanol–water partition coefficient (Wildman–Crippen LogP) is 2.04. The highest BCUT2D eigenvalue weighted by Gasteiger charge is 2.58. The largest absolute Gasteiger partial charge is 0.298 e. The van der Waals surface area contributed by atoms with Crippen LogP contribution in [0.15, 0.2) is 30.3 Å². The first-order chi connectivity index (χ1) is 11.2. The summed E-state index contributed by atoms with van der Waals surface area (Å²) in [5.41, 5.74) is 1.31. The highest BCUT2D eigenvalue weighted by Crippen LogP contribution is 2.49. The van der Waals surface area contributed by atoms with E-state index in [0.29, 0.717) is 24.4 Å². The molecule has 23 heavy (non-hydrogen) atoms. The van der Waals surface area contributed by atoms with Gasteiger partial charge in [-0.3, -0.25) is 4.90 Å². The van der Waals surface area contributed by atoms with E-state index in [-0.39, 0.29) is 11.3 Å². The van der Waals surface area contributed by atoms with Crippen LogP contribution in [0, 0.1) is 5.92 Å². The molecular weight excluding hydrogens is 308 g/mol. The van der Waals surface area contributed by atoms with Gasteiger partial charge in [0, 0.05) is 24.5 Å². The molecule has 124 valence electrons. The maximum Gasteiger partial charge on any atom is 0.217 e. The third-order valence-corrected chi connectivity index (χ3v) is 8.81. The molecule has 0 amide bonds. The van der Waals surface area contributed by atoms with Gasteiger partial charge < -0.3 is 0 Å². The Balaban J connectivity index is 1.57. The highest BCUT2D eigenvalue weighted by molar-refractivity contribution is 7.90. The lowest BCUT2D eigenvalue weighted by atomic mass is 9.75. The Morgan fingerprint density at radius 2 is 1.61 bits per heavy atom. The lowest BCUT2D eigenvalue weighted by Crippen LogP contribution is -2.60. The fourth-order valence-electron chi connectivity index (χ4n) is 5.21. The molecule has 3 atom stereocenters. The van der Waals surface area contributed by atoms with Crippen LogP contribution in [0.3, 0.4) is 0 Å². The highest BCUT2D eigenvalue weighted by atomic mass is 32.2. The molecule has 4 aliphatic heterocycles. The second-order valence-corrected chi connectivity index (χ2v) is 9.85. The summed E-state index contributed by atoms with van der Waals surface area (Å²) >= 11 is 0. The van der Waals surface area contributed by atoms with E-state index >= 15 is 0 Å². The van der Waals surface area contributed by atoms with Gasteiger partial charge in [0.25, 0.3) is 0 Å². The maximum atomic E-state index is 13.0. The Morgan fingerprint density at radius 3 is 2.26 bits per heavy atom. The summed E-state index contributed by atoms with van der Waals surface area (Å²) in [6.45, 7) is 2.98. The molecule has 5 heteroatoms. The molecule has 0 spiro atoms. The Kier molecular flexibility index (Phi) is 3.16. The van der Waals surface area contributed by atoms with Crippen LogP contribution in [0.2, 0.25) is 0 Å². The molecule has 5 aliphatic rings. The maximum absolute atomic E-state index is 13.0. The van der Waals surface area contributed by atoms with E-state index in [1.807, 2.05) is 10.4 Å². The first kappa shape index (κ1) is 14.4. The number of benzene rings is 1. The number of rotatable bonds is 3. The van der Waals surface area contributed by atoms with Gasteiger partial charge in [-0.2, -0.15) is 4.31 Å². The molecule has 2 bridgehead atoms. The molecule has 0 unspecified atom stereocenters. The minimum atomic E-state index is -3.09. The van der Waals surface area contributed by atoms with Gasteiger partial charge in [0.15, 0.2) is 0 Å². The van der Waals surface area contributed by atoms with Crippen LogP contribution in [0.1, 0.15) is 37.2 Å². The number of sulfonamides is 1. The van der Waals surface area contributed by atoms with Crippen molar-refractivity contribution in [3.63, 3.8) is 0 Å². The summed E-state index contributed by atoms with van der Waals surface area (Å²) in [5, 5.41) is -0.0897. The molecule has 1 saturated carbocycles. The summed E-state index contributed by atoms with van der Waals surface area (Å²) in [6.07, 6.45) is 4.06. The van der Waals surface area contributed by atoms with Crippen molar-refractivity contribution in [3.05, 3.63) is 35.9 Å². The number of piperidine rings is 3. The quantitative estimate of drug-likeness (QED) is 0.850. The number of hydrogen-bond donors (Lipinski definition) is 0. The van der Waals surface area contributed by atoms with E-state index in [1.165, 1.54) is 18.4 Å². The first-order valence-corrected chi connectivity index (χ1v) is 10.5. The molecule has 6 rings (SSSR count). The molecule has 5 fully saturated rings. The molecule has 1 aromatic rings. The van der Waals surface area contributed by atoms with Crippen LogP contribution in [-0.2, 0) is 10.0 Å². The molecule has 4 nitrogen and oxygen atoms in total. The van der Waals surface area contributed by atoms with Crippen molar-refractivity contribution in [1.82, 2.24) is 9.21 Å². The van der Waals surface area contributed by atoms with Crippen molar-refractivity contribution in [1.29, 1.82) is 0 Å².